The van der Waals surface area contributed by atoms with Crippen LogP contribution in [0.1, 0.15) is 44.8 Å². The van der Waals surface area contributed by atoms with Gasteiger partial charge in [-0.1, -0.05) is 19.3 Å². The number of rotatable bonds is 7. The molecule has 0 aromatic carbocycles. The standard InChI is InChI=1S/C17H22N2O6/c1-12(17(21)18-11-13-5-3-2-4-6-13)24-16(20)10-8-14-7-9-15(25-14)19(22)23/h7-10,12-13H,2-6,11H2,1H3,(H,18,21)/b10-8+/t12-/m0/s1. The Balaban J connectivity index is 1.75. The van der Waals surface area contributed by atoms with Gasteiger partial charge in [-0.2, -0.15) is 0 Å². The minimum absolute atomic E-state index is 0.151. The van der Waals surface area contributed by atoms with Gasteiger partial charge in [0.15, 0.2) is 6.10 Å². The third-order valence-corrected chi connectivity index (χ3v) is 4.13. The van der Waals surface area contributed by atoms with E-state index < -0.39 is 22.9 Å². The monoisotopic (exact) mass is 350 g/mol. The van der Waals surface area contributed by atoms with E-state index in [-0.39, 0.29) is 11.7 Å². The summed E-state index contributed by atoms with van der Waals surface area (Å²) >= 11 is 0. The average Bonchev–Trinajstić information content (AvgIpc) is 3.08. The van der Waals surface area contributed by atoms with Crippen molar-refractivity contribution in [3.8, 4) is 0 Å². The van der Waals surface area contributed by atoms with Crippen molar-refractivity contribution >= 4 is 23.8 Å². The molecule has 1 aromatic rings. The number of amides is 1. The Bertz CT molecular complexity index is 645. The highest BCUT2D eigenvalue weighted by molar-refractivity contribution is 5.90. The van der Waals surface area contributed by atoms with Gasteiger partial charge in [0, 0.05) is 12.6 Å². The lowest BCUT2D eigenvalue weighted by Gasteiger charge is -2.22. The molecule has 1 atom stereocenters. The number of nitrogens with zero attached hydrogens (tertiary/aromatic N) is 1. The second-order valence-electron chi connectivity index (χ2n) is 6.09. The van der Waals surface area contributed by atoms with Crippen LogP contribution < -0.4 is 5.32 Å². The number of carbonyl (C=O) groups excluding carboxylic acids is 2. The van der Waals surface area contributed by atoms with Crippen molar-refractivity contribution in [3.05, 3.63) is 34.1 Å². The summed E-state index contributed by atoms with van der Waals surface area (Å²) in [5.41, 5.74) is 0. The van der Waals surface area contributed by atoms with E-state index in [9.17, 15) is 19.7 Å². The van der Waals surface area contributed by atoms with Gasteiger partial charge >= 0.3 is 11.9 Å². The summed E-state index contributed by atoms with van der Waals surface area (Å²) in [7, 11) is 0. The molecule has 8 heteroatoms. The van der Waals surface area contributed by atoms with E-state index in [0.717, 1.165) is 18.9 Å². The fourth-order valence-electron chi connectivity index (χ4n) is 2.73. The number of esters is 1. The van der Waals surface area contributed by atoms with Gasteiger partial charge in [-0.25, -0.2) is 4.79 Å². The first-order chi connectivity index (χ1) is 12.0. The molecular formula is C17H22N2O6. The summed E-state index contributed by atoms with van der Waals surface area (Å²) in [5, 5.41) is 13.3. The molecule has 0 unspecified atom stereocenters. The smallest absolute Gasteiger partial charge is 0.433 e. The summed E-state index contributed by atoms with van der Waals surface area (Å²) in [5.74, 6) is -0.822. The highest BCUT2D eigenvalue weighted by Gasteiger charge is 2.19. The topological polar surface area (TPSA) is 112 Å². The molecule has 0 aliphatic heterocycles. The zero-order valence-corrected chi connectivity index (χ0v) is 14.1. The van der Waals surface area contributed by atoms with Crippen molar-refractivity contribution in [2.45, 2.75) is 45.1 Å². The highest BCUT2D eigenvalue weighted by atomic mass is 16.6. The van der Waals surface area contributed by atoms with Crippen molar-refractivity contribution < 1.29 is 23.7 Å². The van der Waals surface area contributed by atoms with E-state index in [2.05, 4.69) is 5.32 Å². The molecule has 1 aliphatic rings. The molecule has 25 heavy (non-hydrogen) atoms. The number of nitrogens with one attached hydrogen (secondary N) is 1. The van der Waals surface area contributed by atoms with E-state index >= 15 is 0 Å². The largest absolute Gasteiger partial charge is 0.449 e. The van der Waals surface area contributed by atoms with Gasteiger partial charge < -0.3 is 14.5 Å². The van der Waals surface area contributed by atoms with Crippen LogP contribution >= 0.6 is 0 Å². The van der Waals surface area contributed by atoms with Gasteiger partial charge in [0.05, 0.1) is 6.07 Å². The molecule has 2 rings (SSSR count). The number of hydrogen-bond acceptors (Lipinski definition) is 6. The Morgan fingerprint density at radius 2 is 2.12 bits per heavy atom. The first kappa shape index (κ1) is 18.7. The summed E-state index contributed by atoms with van der Waals surface area (Å²) in [6.45, 7) is 2.10. The summed E-state index contributed by atoms with van der Waals surface area (Å²) < 4.78 is 9.90. The molecule has 0 bridgehead atoms. The Morgan fingerprint density at radius 1 is 1.40 bits per heavy atom. The number of hydrogen-bond donors (Lipinski definition) is 1. The van der Waals surface area contributed by atoms with E-state index in [0.29, 0.717) is 12.5 Å². The quantitative estimate of drug-likeness (QED) is 0.350. The van der Waals surface area contributed by atoms with Gasteiger partial charge in [0.1, 0.15) is 10.7 Å². The van der Waals surface area contributed by atoms with Crippen LogP contribution in [0.15, 0.2) is 22.6 Å². The Morgan fingerprint density at radius 3 is 2.76 bits per heavy atom. The van der Waals surface area contributed by atoms with Crippen LogP contribution in [0.5, 0.6) is 0 Å². The molecule has 1 amide bonds. The number of carbonyl (C=O) groups is 2. The molecule has 1 fully saturated rings. The second kappa shape index (κ2) is 9.00. The van der Waals surface area contributed by atoms with Crippen LogP contribution in [0, 0.1) is 16.0 Å². The molecule has 8 nitrogen and oxygen atoms in total. The zero-order chi connectivity index (χ0) is 18.2. The molecular weight excluding hydrogens is 328 g/mol. The normalized spacial score (nSPS) is 16.5. The van der Waals surface area contributed by atoms with E-state index in [1.165, 1.54) is 44.4 Å². The number of ether oxygens (including phenoxy) is 1. The molecule has 1 heterocycles. The van der Waals surface area contributed by atoms with Crippen molar-refractivity contribution in [2.75, 3.05) is 6.54 Å². The fraction of sp³-hybridized carbons (Fsp3) is 0.529. The average molecular weight is 350 g/mol. The summed E-state index contributed by atoms with van der Waals surface area (Å²) in [6.07, 6.45) is 7.28. The first-order valence-electron chi connectivity index (χ1n) is 8.36. The van der Waals surface area contributed by atoms with E-state index in [1.807, 2.05) is 0 Å². The molecule has 136 valence electrons. The molecule has 1 aromatic heterocycles. The maximum atomic E-state index is 12.0. The SMILES string of the molecule is C[C@H](OC(=O)/C=C/c1ccc([N+](=O)[O-])o1)C(=O)NCC1CCCCC1. The lowest BCUT2D eigenvalue weighted by molar-refractivity contribution is -0.402. The molecule has 1 saturated carbocycles. The Hall–Kier alpha value is -2.64. The second-order valence-corrected chi connectivity index (χ2v) is 6.09. The van der Waals surface area contributed by atoms with Gasteiger partial charge in [-0.3, -0.25) is 14.9 Å². The molecule has 0 saturated heterocycles. The van der Waals surface area contributed by atoms with Crippen molar-refractivity contribution in [2.24, 2.45) is 5.92 Å². The minimum atomic E-state index is -0.910. The van der Waals surface area contributed by atoms with Gasteiger partial charge in [0.25, 0.3) is 5.91 Å². The molecule has 0 spiro atoms. The molecule has 1 N–H and O–H groups in total. The van der Waals surface area contributed by atoms with Crippen LogP contribution in [-0.2, 0) is 14.3 Å². The van der Waals surface area contributed by atoms with Crippen LogP contribution in [0.3, 0.4) is 0 Å². The lowest BCUT2D eigenvalue weighted by Crippen LogP contribution is -2.38. The molecule has 1 aliphatic carbocycles. The van der Waals surface area contributed by atoms with Crippen molar-refractivity contribution in [1.29, 1.82) is 0 Å². The maximum Gasteiger partial charge on any atom is 0.433 e. The van der Waals surface area contributed by atoms with E-state index in [4.69, 9.17) is 9.15 Å². The van der Waals surface area contributed by atoms with Crippen molar-refractivity contribution in [1.82, 2.24) is 5.32 Å². The van der Waals surface area contributed by atoms with Gasteiger partial charge in [-0.05, 0) is 37.8 Å². The summed E-state index contributed by atoms with van der Waals surface area (Å²) in [6, 6.07) is 2.55. The maximum absolute atomic E-state index is 12.0. The number of nitro groups is 1. The lowest BCUT2D eigenvalue weighted by atomic mass is 9.89. The van der Waals surface area contributed by atoms with Crippen molar-refractivity contribution in [3.63, 3.8) is 0 Å². The predicted molar refractivity (Wildman–Crippen MR) is 89.5 cm³/mol. The van der Waals surface area contributed by atoms with Crippen LogP contribution in [0.25, 0.3) is 6.08 Å². The van der Waals surface area contributed by atoms with E-state index in [1.54, 1.807) is 0 Å². The Kier molecular flexibility index (Phi) is 6.73. The van der Waals surface area contributed by atoms with Gasteiger partial charge in [-0.15, -0.1) is 0 Å². The minimum Gasteiger partial charge on any atom is -0.449 e. The summed E-state index contributed by atoms with van der Waals surface area (Å²) in [4.78, 5) is 33.5. The predicted octanol–water partition coefficient (Wildman–Crippen LogP) is 2.83. The first-order valence-corrected chi connectivity index (χ1v) is 8.36. The highest BCUT2D eigenvalue weighted by Crippen LogP contribution is 2.22. The third-order valence-electron chi connectivity index (χ3n) is 4.13. The van der Waals surface area contributed by atoms with Crippen LogP contribution in [-0.4, -0.2) is 29.4 Å². The third kappa shape index (κ3) is 6.06. The van der Waals surface area contributed by atoms with Gasteiger partial charge in [0.2, 0.25) is 0 Å². The zero-order valence-electron chi connectivity index (χ0n) is 14.1. The van der Waals surface area contributed by atoms with Crippen LogP contribution in [0.4, 0.5) is 5.88 Å². The fourth-order valence-corrected chi connectivity index (χ4v) is 2.73. The number of furan rings is 1. The molecule has 0 radical (unpaired) electrons. The Labute approximate surface area is 145 Å². The van der Waals surface area contributed by atoms with Crippen LogP contribution in [0.2, 0.25) is 0 Å².